The zero-order chi connectivity index (χ0) is 62.8. The maximum absolute atomic E-state index is 11.3. The summed E-state index contributed by atoms with van der Waals surface area (Å²) in [6.07, 6.45) is 57.4. The number of carbonyl (C=O) groups is 1. The summed E-state index contributed by atoms with van der Waals surface area (Å²) in [5.41, 5.74) is 1.01. The summed E-state index contributed by atoms with van der Waals surface area (Å²) in [4.78, 5) is 15.9. The van der Waals surface area contributed by atoms with Crippen molar-refractivity contribution in [3.05, 3.63) is 169 Å². The van der Waals surface area contributed by atoms with Crippen LogP contribution in [0.25, 0.3) is 6.08 Å². The van der Waals surface area contributed by atoms with Gasteiger partial charge in [0.1, 0.15) is 0 Å². The standard InChI is InChI=1S/C16H30O.C15H28O.C14H18O2.C11H21NO.C11H21N.C9H16/c1-4-7-8-9-10-11-12-15-17-16(13-5-2)14-6-3;1-4-7-8-9-10-11-14-16-15(12-5-2)13-6-3;1-2-3-7-12-16-14(15)11-10-13-8-5-4-6-9-13;1-4-8-12(9-5-2)10-6-7-11-13-3;1-4-7-8-11-12(9-5-2)10-6-3;1-4-7-8-9(5-2)6-3/h5-6,16H,2-4,7-15H2,1H3;5-6,15H,2-4,7-14H2,1H3;4-6,8-11H,2-3,7,12H2,1H3;4-5H,1-2,6-11H2,3H3;5-6H,2-4,7-11H2,1H3;5-6,9H,2-4,7-8H2,1H3/b;;11-10+;;;. The Labute approximate surface area is 517 Å². The van der Waals surface area contributed by atoms with Crippen molar-refractivity contribution in [3.63, 3.8) is 0 Å². The molecule has 0 saturated carbocycles. The van der Waals surface area contributed by atoms with Crippen molar-refractivity contribution in [2.24, 2.45) is 5.92 Å². The topological polar surface area (TPSA) is 60.5 Å². The Morgan fingerprint density at radius 3 is 1.16 bits per heavy atom. The first-order valence-corrected chi connectivity index (χ1v) is 32.8. The molecule has 0 atom stereocenters. The fourth-order valence-electron chi connectivity index (χ4n) is 8.13. The number of methoxy groups -OCH3 is 1. The molecule has 0 saturated heterocycles. The molecule has 7 heteroatoms. The maximum Gasteiger partial charge on any atom is 0.330 e. The molecule has 0 aliphatic rings. The van der Waals surface area contributed by atoms with Gasteiger partial charge >= 0.3 is 5.97 Å². The molecule has 0 amide bonds. The van der Waals surface area contributed by atoms with E-state index in [4.69, 9.17) is 18.9 Å². The van der Waals surface area contributed by atoms with Gasteiger partial charge in [0.25, 0.3) is 0 Å². The van der Waals surface area contributed by atoms with E-state index in [9.17, 15) is 4.79 Å². The van der Waals surface area contributed by atoms with Gasteiger partial charge in [0, 0.05) is 59.2 Å². The zero-order valence-corrected chi connectivity index (χ0v) is 55.4. The molecule has 0 unspecified atom stereocenters. The van der Waals surface area contributed by atoms with Gasteiger partial charge in [-0.2, -0.15) is 0 Å². The third-order valence-corrected chi connectivity index (χ3v) is 13.1. The Hall–Kier alpha value is -4.37. The molecule has 83 heavy (non-hydrogen) atoms. The van der Waals surface area contributed by atoms with E-state index in [1.54, 1.807) is 13.2 Å². The van der Waals surface area contributed by atoms with Crippen LogP contribution < -0.4 is 0 Å². The summed E-state index contributed by atoms with van der Waals surface area (Å²) in [5.74, 6) is 0.268. The molecule has 0 fully saturated rings. The minimum absolute atomic E-state index is 0.264. The highest BCUT2D eigenvalue weighted by Gasteiger charge is 2.06. The fraction of sp³-hybridized carbons (Fsp3) is 0.618. The van der Waals surface area contributed by atoms with Gasteiger partial charge in [-0.3, -0.25) is 9.80 Å². The van der Waals surface area contributed by atoms with Gasteiger partial charge in [0.15, 0.2) is 0 Å². The second kappa shape index (κ2) is 79.7. The van der Waals surface area contributed by atoms with E-state index in [0.29, 0.717) is 24.7 Å². The van der Waals surface area contributed by atoms with Crippen LogP contribution in [0.5, 0.6) is 0 Å². The van der Waals surface area contributed by atoms with Crippen molar-refractivity contribution in [2.75, 3.05) is 72.8 Å². The van der Waals surface area contributed by atoms with E-state index in [2.05, 4.69) is 110 Å². The normalized spacial score (nSPS) is 10.4. The monoisotopic (exact) mass is 1160 g/mol. The minimum atomic E-state index is -0.264. The highest BCUT2D eigenvalue weighted by molar-refractivity contribution is 5.87. The van der Waals surface area contributed by atoms with Crippen LogP contribution in [0.4, 0.5) is 0 Å². The third kappa shape index (κ3) is 75.6. The third-order valence-electron chi connectivity index (χ3n) is 13.1. The molecule has 0 radical (unpaired) electrons. The second-order valence-electron chi connectivity index (χ2n) is 20.9. The van der Waals surface area contributed by atoms with E-state index in [-0.39, 0.29) is 5.97 Å². The number of ether oxygens (including phenoxy) is 4. The van der Waals surface area contributed by atoms with Crippen molar-refractivity contribution in [1.82, 2.24) is 9.80 Å². The van der Waals surface area contributed by atoms with Gasteiger partial charge < -0.3 is 18.9 Å². The number of hydrogen-bond acceptors (Lipinski definition) is 7. The molecular weight excluding hydrogens is 1020 g/mol. The van der Waals surface area contributed by atoms with Gasteiger partial charge in [-0.05, 0) is 101 Å². The molecule has 1 rings (SSSR count). The van der Waals surface area contributed by atoms with Gasteiger partial charge in [-0.15, -0.1) is 65.8 Å². The summed E-state index contributed by atoms with van der Waals surface area (Å²) in [7, 11) is 1.74. The largest absolute Gasteiger partial charge is 0.463 e. The molecular formula is C76H134N2O5. The van der Waals surface area contributed by atoms with E-state index in [1.165, 1.54) is 141 Å². The average molecular weight is 1160 g/mol. The van der Waals surface area contributed by atoms with Crippen molar-refractivity contribution in [2.45, 2.75) is 227 Å². The number of esters is 1. The van der Waals surface area contributed by atoms with Crippen molar-refractivity contribution in [1.29, 1.82) is 0 Å². The molecule has 0 aromatic heterocycles. The van der Waals surface area contributed by atoms with E-state index >= 15 is 0 Å². The van der Waals surface area contributed by atoms with Crippen LogP contribution in [-0.4, -0.2) is 101 Å². The molecule has 0 aliphatic heterocycles. The smallest absolute Gasteiger partial charge is 0.330 e. The van der Waals surface area contributed by atoms with Crippen LogP contribution in [0.1, 0.15) is 220 Å². The lowest BCUT2D eigenvalue weighted by atomic mass is 10.0. The Morgan fingerprint density at radius 1 is 0.434 bits per heavy atom. The van der Waals surface area contributed by atoms with E-state index < -0.39 is 0 Å². The quantitative estimate of drug-likeness (QED) is 0.0279. The van der Waals surface area contributed by atoms with Crippen LogP contribution in [0, 0.1) is 5.92 Å². The molecule has 0 bridgehead atoms. The molecule has 0 N–H and O–H groups in total. The molecule has 1 aromatic rings. The van der Waals surface area contributed by atoms with Crippen molar-refractivity contribution in [3.8, 4) is 0 Å². The van der Waals surface area contributed by atoms with E-state index in [1.807, 2.05) is 91.1 Å². The molecule has 0 heterocycles. The predicted octanol–water partition coefficient (Wildman–Crippen LogP) is 21.7. The maximum atomic E-state index is 11.3. The van der Waals surface area contributed by atoms with Crippen molar-refractivity contribution >= 4 is 12.0 Å². The number of nitrogens with zero attached hydrogens (tertiary/aromatic N) is 2. The average Bonchev–Trinajstić information content (AvgIpc) is 3.49. The Bertz CT molecular complexity index is 1540. The number of rotatable bonds is 53. The second-order valence-corrected chi connectivity index (χ2v) is 20.9. The number of benzene rings is 1. The highest BCUT2D eigenvalue weighted by Crippen LogP contribution is 2.12. The summed E-state index contributed by atoms with van der Waals surface area (Å²) >= 11 is 0. The van der Waals surface area contributed by atoms with Crippen molar-refractivity contribution < 1.29 is 23.7 Å². The Balaban J connectivity index is -0.000000296. The molecule has 7 nitrogen and oxygen atoms in total. The summed E-state index contributed by atoms with van der Waals surface area (Å²) in [5, 5.41) is 0. The number of carbonyl (C=O) groups excluding carboxylic acids is 1. The van der Waals surface area contributed by atoms with Gasteiger partial charge in [-0.25, -0.2) is 4.79 Å². The van der Waals surface area contributed by atoms with Gasteiger partial charge in [-0.1, -0.05) is 235 Å². The van der Waals surface area contributed by atoms with E-state index in [0.717, 1.165) is 109 Å². The molecule has 0 aliphatic carbocycles. The minimum Gasteiger partial charge on any atom is -0.463 e. The zero-order valence-electron chi connectivity index (χ0n) is 55.4. The molecule has 1 aromatic carbocycles. The van der Waals surface area contributed by atoms with Crippen LogP contribution in [0.2, 0.25) is 0 Å². The van der Waals surface area contributed by atoms with Crippen LogP contribution in [-0.2, 0) is 23.7 Å². The lowest BCUT2D eigenvalue weighted by Crippen LogP contribution is -2.25. The SMILES string of the molecule is C=CC(C=C)CCCC.C=CCC(CC=C)OCCCCCCCC.C=CCC(CC=C)OCCCCCCCCC.C=CCN(CC=C)CCCCC.C=CCN(CC=C)CCCCOC.CCCCCOC(=O)/C=C/c1ccccc1. The number of hydrogen-bond donors (Lipinski definition) is 0. The van der Waals surface area contributed by atoms with Gasteiger partial charge in [0.05, 0.1) is 18.8 Å². The first kappa shape index (κ1) is 87.4. The lowest BCUT2D eigenvalue weighted by Gasteiger charge is -2.18. The fourth-order valence-corrected chi connectivity index (χ4v) is 8.13. The van der Waals surface area contributed by atoms with Gasteiger partial charge in [0.2, 0.25) is 0 Å². The number of unbranched alkanes of at least 4 members (excludes halogenated alkanes) is 17. The van der Waals surface area contributed by atoms with Crippen LogP contribution in [0.15, 0.2) is 163 Å². The Morgan fingerprint density at radius 2 is 0.783 bits per heavy atom. The summed E-state index contributed by atoms with van der Waals surface area (Å²) in [6.45, 7) is 57.7. The molecule has 478 valence electrons. The summed E-state index contributed by atoms with van der Waals surface area (Å²) in [6, 6.07) is 9.71. The lowest BCUT2D eigenvalue weighted by molar-refractivity contribution is -0.137. The molecule has 0 spiro atoms. The first-order chi connectivity index (χ1) is 40.6. The summed E-state index contributed by atoms with van der Waals surface area (Å²) < 4.78 is 21.6. The van der Waals surface area contributed by atoms with Crippen LogP contribution in [0.3, 0.4) is 0 Å². The first-order valence-electron chi connectivity index (χ1n) is 32.8. The van der Waals surface area contributed by atoms with Crippen LogP contribution >= 0.6 is 0 Å². The Kier molecular flexibility index (Phi) is 83.9. The number of allylic oxidation sites excluding steroid dienone is 2. The highest BCUT2D eigenvalue weighted by atomic mass is 16.5. The predicted molar refractivity (Wildman–Crippen MR) is 374 cm³/mol.